The number of nitrogens with two attached hydrogens (primary N) is 1. The van der Waals surface area contributed by atoms with Gasteiger partial charge in [0.1, 0.15) is 17.5 Å². The normalized spacial score (nSPS) is 15.8. The maximum Gasteiger partial charge on any atom is 0.311 e. The third-order valence-electron chi connectivity index (χ3n) is 5.72. The summed E-state index contributed by atoms with van der Waals surface area (Å²) < 4.78 is 5.87. The van der Waals surface area contributed by atoms with E-state index in [1.54, 1.807) is 41.3 Å². The average Bonchev–Trinajstić information content (AvgIpc) is 3.35. The first kappa shape index (κ1) is 23.7. The summed E-state index contributed by atoms with van der Waals surface area (Å²) in [5, 5.41) is 23.3. The second-order valence-electron chi connectivity index (χ2n) is 8.15. The van der Waals surface area contributed by atoms with Crippen molar-refractivity contribution in [3.8, 4) is 17.6 Å². The van der Waals surface area contributed by atoms with Crippen molar-refractivity contribution < 1.29 is 14.5 Å². The molecule has 0 spiro atoms. The van der Waals surface area contributed by atoms with Crippen molar-refractivity contribution in [2.75, 3.05) is 11.9 Å². The minimum atomic E-state index is -0.703. The number of nitro groups is 1. The van der Waals surface area contributed by atoms with Crippen molar-refractivity contribution in [3.63, 3.8) is 0 Å². The molecule has 1 aliphatic rings. The molecule has 1 saturated heterocycles. The molecule has 2 aromatic carbocycles. The van der Waals surface area contributed by atoms with Gasteiger partial charge in [-0.05, 0) is 67.3 Å². The first-order valence-electron chi connectivity index (χ1n) is 11.1. The standard InChI is InChI=1S/C25H24N6O4/c26-16-19-3-2-14-30(19)25(32)22(27)15-17-5-9-20(10-6-17)35-21-11-7-18(8-12-21)29-24-23(31(33)34)4-1-13-28-24/h1,4-13,19,22H,2-3,14-15,27H2,(H,28,29)/t19-,22-/m0/s1. The van der Waals surface area contributed by atoms with Crippen molar-refractivity contribution in [3.05, 3.63) is 82.5 Å². The minimum Gasteiger partial charge on any atom is -0.457 e. The Morgan fingerprint density at radius 2 is 1.91 bits per heavy atom. The smallest absolute Gasteiger partial charge is 0.311 e. The quantitative estimate of drug-likeness (QED) is 0.370. The Bertz CT molecular complexity index is 1240. The molecule has 1 aromatic heterocycles. The largest absolute Gasteiger partial charge is 0.457 e. The van der Waals surface area contributed by atoms with Crippen LogP contribution < -0.4 is 15.8 Å². The van der Waals surface area contributed by atoms with Crippen LogP contribution in [0.1, 0.15) is 18.4 Å². The van der Waals surface area contributed by atoms with E-state index in [1.165, 1.54) is 18.3 Å². The molecule has 35 heavy (non-hydrogen) atoms. The Morgan fingerprint density at radius 3 is 2.57 bits per heavy atom. The van der Waals surface area contributed by atoms with E-state index < -0.39 is 11.0 Å². The van der Waals surface area contributed by atoms with Gasteiger partial charge in [-0.1, -0.05) is 12.1 Å². The molecule has 0 unspecified atom stereocenters. The first-order chi connectivity index (χ1) is 16.9. The summed E-state index contributed by atoms with van der Waals surface area (Å²) in [7, 11) is 0. The van der Waals surface area contributed by atoms with Gasteiger partial charge in [0.15, 0.2) is 0 Å². The van der Waals surface area contributed by atoms with Crippen LogP contribution in [0, 0.1) is 21.4 Å². The van der Waals surface area contributed by atoms with Crippen LogP contribution in [0.2, 0.25) is 0 Å². The number of benzene rings is 2. The molecule has 1 aliphatic heterocycles. The maximum absolute atomic E-state index is 12.6. The summed E-state index contributed by atoms with van der Waals surface area (Å²) in [5.74, 6) is 1.16. The number of nitrogens with one attached hydrogen (secondary N) is 1. The van der Waals surface area contributed by atoms with Crippen LogP contribution in [0.4, 0.5) is 17.2 Å². The Labute approximate surface area is 202 Å². The van der Waals surface area contributed by atoms with Crippen LogP contribution in [0.15, 0.2) is 66.9 Å². The van der Waals surface area contributed by atoms with Gasteiger partial charge in [0, 0.05) is 24.5 Å². The number of aromatic nitrogens is 1. The summed E-state index contributed by atoms with van der Waals surface area (Å²) in [6.45, 7) is 0.574. The van der Waals surface area contributed by atoms with Crippen molar-refractivity contribution in [1.29, 1.82) is 5.26 Å². The van der Waals surface area contributed by atoms with Crippen LogP contribution >= 0.6 is 0 Å². The van der Waals surface area contributed by atoms with Gasteiger partial charge in [0.25, 0.3) is 0 Å². The molecule has 178 valence electrons. The van der Waals surface area contributed by atoms with Crippen LogP contribution in [0.25, 0.3) is 0 Å². The predicted octanol–water partition coefficient (Wildman–Crippen LogP) is 3.91. The van der Waals surface area contributed by atoms with Gasteiger partial charge in [0.2, 0.25) is 11.7 Å². The topological polar surface area (TPSA) is 147 Å². The van der Waals surface area contributed by atoms with E-state index in [9.17, 15) is 20.2 Å². The zero-order valence-electron chi connectivity index (χ0n) is 18.8. The zero-order valence-corrected chi connectivity index (χ0v) is 18.8. The van der Waals surface area contributed by atoms with E-state index in [4.69, 9.17) is 10.5 Å². The van der Waals surface area contributed by atoms with Gasteiger partial charge < -0.3 is 20.7 Å². The van der Waals surface area contributed by atoms with Crippen molar-refractivity contribution >= 4 is 23.1 Å². The maximum atomic E-state index is 12.6. The first-order valence-corrected chi connectivity index (χ1v) is 11.1. The van der Waals surface area contributed by atoms with Crippen LogP contribution in [0.3, 0.4) is 0 Å². The van der Waals surface area contributed by atoms with Gasteiger partial charge in [-0.2, -0.15) is 5.26 Å². The van der Waals surface area contributed by atoms with Crippen molar-refractivity contribution in [1.82, 2.24) is 9.88 Å². The number of likely N-dealkylation sites (tertiary alicyclic amines) is 1. The van der Waals surface area contributed by atoms with Gasteiger partial charge in [-0.15, -0.1) is 0 Å². The molecular formula is C25H24N6O4. The third kappa shape index (κ3) is 5.72. The van der Waals surface area contributed by atoms with E-state index in [1.807, 2.05) is 12.1 Å². The lowest BCUT2D eigenvalue weighted by atomic mass is 10.0. The molecule has 10 nitrogen and oxygen atoms in total. The predicted molar refractivity (Wildman–Crippen MR) is 129 cm³/mol. The Kier molecular flexibility index (Phi) is 7.18. The highest BCUT2D eigenvalue weighted by molar-refractivity contribution is 5.83. The Morgan fingerprint density at radius 1 is 1.23 bits per heavy atom. The van der Waals surface area contributed by atoms with Crippen molar-refractivity contribution in [2.45, 2.75) is 31.3 Å². The molecule has 0 aliphatic carbocycles. The van der Waals surface area contributed by atoms with E-state index in [-0.39, 0.29) is 23.5 Å². The number of hydrogen-bond donors (Lipinski definition) is 2. The number of nitriles is 1. The number of nitrogens with zero attached hydrogens (tertiary/aromatic N) is 4. The number of amides is 1. The SMILES string of the molecule is N#C[C@@H]1CCCN1C(=O)[C@@H](N)Cc1ccc(Oc2ccc(Nc3ncccc3[N+](=O)[O-])cc2)cc1. The second-order valence-corrected chi connectivity index (χ2v) is 8.15. The highest BCUT2D eigenvalue weighted by atomic mass is 16.6. The average molecular weight is 473 g/mol. The molecule has 2 heterocycles. The molecule has 4 rings (SSSR count). The number of ether oxygens (including phenoxy) is 1. The fraction of sp³-hybridized carbons (Fsp3) is 0.240. The molecule has 1 amide bonds. The summed E-state index contributed by atoms with van der Waals surface area (Å²) in [6.07, 6.45) is 3.37. The fourth-order valence-electron chi connectivity index (χ4n) is 3.93. The lowest BCUT2D eigenvalue weighted by Gasteiger charge is -2.23. The highest BCUT2D eigenvalue weighted by Crippen LogP contribution is 2.28. The molecule has 1 fully saturated rings. The van der Waals surface area contributed by atoms with Crippen molar-refractivity contribution in [2.24, 2.45) is 5.73 Å². The van der Waals surface area contributed by atoms with E-state index >= 15 is 0 Å². The number of carbonyl (C=O) groups excluding carboxylic acids is 1. The van der Waals surface area contributed by atoms with Crippen LogP contribution in [-0.4, -0.2) is 39.3 Å². The summed E-state index contributed by atoms with van der Waals surface area (Å²) in [6, 6.07) is 18.2. The Hall–Kier alpha value is -4.49. The van der Waals surface area contributed by atoms with E-state index in [2.05, 4.69) is 16.4 Å². The molecular weight excluding hydrogens is 448 g/mol. The lowest BCUT2D eigenvalue weighted by Crippen LogP contribution is -2.46. The molecule has 2 atom stereocenters. The number of hydrogen-bond acceptors (Lipinski definition) is 8. The number of carbonyl (C=O) groups is 1. The third-order valence-corrected chi connectivity index (χ3v) is 5.72. The summed E-state index contributed by atoms with van der Waals surface area (Å²) in [5.41, 5.74) is 7.53. The molecule has 10 heteroatoms. The molecule has 0 radical (unpaired) electrons. The zero-order chi connectivity index (χ0) is 24.8. The Balaban J connectivity index is 1.34. The van der Waals surface area contributed by atoms with E-state index in [0.29, 0.717) is 36.6 Å². The summed E-state index contributed by atoms with van der Waals surface area (Å²) >= 11 is 0. The number of pyridine rings is 1. The van der Waals surface area contributed by atoms with Crippen LogP contribution in [-0.2, 0) is 11.2 Å². The van der Waals surface area contributed by atoms with E-state index in [0.717, 1.165) is 12.0 Å². The van der Waals surface area contributed by atoms with Gasteiger partial charge in [0.05, 0.1) is 17.0 Å². The van der Waals surface area contributed by atoms with Gasteiger partial charge in [-0.25, -0.2) is 4.98 Å². The lowest BCUT2D eigenvalue weighted by molar-refractivity contribution is -0.384. The fourth-order valence-corrected chi connectivity index (χ4v) is 3.93. The number of anilines is 2. The second kappa shape index (κ2) is 10.6. The minimum absolute atomic E-state index is 0.111. The van der Waals surface area contributed by atoms with Gasteiger partial charge >= 0.3 is 5.69 Å². The number of rotatable bonds is 8. The molecule has 0 bridgehead atoms. The van der Waals surface area contributed by atoms with Crippen LogP contribution in [0.5, 0.6) is 11.5 Å². The molecule has 0 saturated carbocycles. The summed E-state index contributed by atoms with van der Waals surface area (Å²) in [4.78, 5) is 28.9. The monoisotopic (exact) mass is 472 g/mol. The molecule has 3 N–H and O–H groups in total. The highest BCUT2D eigenvalue weighted by Gasteiger charge is 2.31. The van der Waals surface area contributed by atoms with Gasteiger partial charge in [-0.3, -0.25) is 14.9 Å². The molecule has 3 aromatic rings.